The van der Waals surface area contributed by atoms with Crippen LogP contribution in [-0.4, -0.2) is 71.0 Å². The number of rotatable bonds is 3. The van der Waals surface area contributed by atoms with Gasteiger partial charge in [0.2, 0.25) is 10.0 Å². The fourth-order valence-corrected chi connectivity index (χ4v) is 5.52. The summed E-state index contributed by atoms with van der Waals surface area (Å²) < 4.78 is 34.1. The number of sulfonamides is 1. The number of hydrogen-bond donors (Lipinski definition) is 0. The van der Waals surface area contributed by atoms with Crippen LogP contribution in [0.5, 0.6) is 0 Å². The summed E-state index contributed by atoms with van der Waals surface area (Å²) in [7, 11) is -3.58. The lowest BCUT2D eigenvalue weighted by atomic mass is 10.1. The second kappa shape index (κ2) is 7.70. The quantitative estimate of drug-likeness (QED) is 0.607. The molecule has 3 aromatic rings. The van der Waals surface area contributed by atoms with Gasteiger partial charge in [0, 0.05) is 56.0 Å². The molecule has 2 aliphatic heterocycles. The molecule has 0 aliphatic carbocycles. The lowest BCUT2D eigenvalue weighted by molar-refractivity contribution is 0.0730. The molecule has 0 bridgehead atoms. The van der Waals surface area contributed by atoms with Crippen LogP contribution in [0.2, 0.25) is 0 Å². The number of carbonyl (C=O) groups excluding carboxylic acids is 1. The van der Waals surface area contributed by atoms with Crippen LogP contribution in [-0.2, 0) is 27.7 Å². The van der Waals surface area contributed by atoms with E-state index < -0.39 is 10.0 Å². The van der Waals surface area contributed by atoms with Crippen LogP contribution in [0, 0.1) is 6.92 Å². The van der Waals surface area contributed by atoms with E-state index in [1.165, 1.54) is 16.4 Å². The molecule has 1 fully saturated rings. The maximum atomic E-state index is 13.0. The van der Waals surface area contributed by atoms with E-state index in [4.69, 9.17) is 4.74 Å². The van der Waals surface area contributed by atoms with Crippen molar-refractivity contribution in [2.75, 3.05) is 32.8 Å². The fraction of sp³-hybridized carbons (Fsp3) is 0.381. The van der Waals surface area contributed by atoms with Crippen molar-refractivity contribution in [1.82, 2.24) is 23.8 Å². The summed E-state index contributed by atoms with van der Waals surface area (Å²) in [4.78, 5) is 19.4. The first-order valence-electron chi connectivity index (χ1n) is 10.2. The lowest BCUT2D eigenvalue weighted by Gasteiger charge is -2.29. The molecule has 0 unspecified atom stereocenters. The molecule has 0 N–H and O–H groups in total. The minimum Gasteiger partial charge on any atom is -0.379 e. The predicted octanol–water partition coefficient (Wildman–Crippen LogP) is 1.26. The number of hydrogen-bond acceptors (Lipinski definition) is 6. The molecule has 162 valence electrons. The molecule has 1 saturated heterocycles. The molecule has 10 heteroatoms. The van der Waals surface area contributed by atoms with E-state index in [1.807, 2.05) is 23.7 Å². The Balaban J connectivity index is 1.34. The smallest absolute Gasteiger partial charge is 0.254 e. The van der Waals surface area contributed by atoms with Gasteiger partial charge in [-0.05, 0) is 31.2 Å². The van der Waals surface area contributed by atoms with Gasteiger partial charge in [0.25, 0.3) is 5.91 Å². The number of nitrogens with zero attached hydrogens (tertiary/aromatic N) is 5. The van der Waals surface area contributed by atoms with Crippen LogP contribution >= 0.6 is 0 Å². The number of amides is 1. The number of aryl methyl sites for hydroxylation is 1. The predicted molar refractivity (Wildman–Crippen MR) is 112 cm³/mol. The third kappa shape index (κ3) is 3.60. The van der Waals surface area contributed by atoms with Gasteiger partial charge in [-0.15, -0.1) is 0 Å². The summed E-state index contributed by atoms with van der Waals surface area (Å²) in [5, 5.41) is 4.51. The van der Waals surface area contributed by atoms with Crippen molar-refractivity contribution < 1.29 is 17.9 Å². The number of aromatic nitrogens is 3. The summed E-state index contributed by atoms with van der Waals surface area (Å²) in [5.41, 5.74) is 4.24. The van der Waals surface area contributed by atoms with Gasteiger partial charge in [0.15, 0.2) is 5.65 Å². The SMILES string of the molecule is Cc1cc2ncc3c(n2n1)CCN(C(=O)c1ccc(S(=O)(=O)N2CCOCC2)cc1)C3. The van der Waals surface area contributed by atoms with Gasteiger partial charge in [-0.25, -0.2) is 17.9 Å². The first-order valence-corrected chi connectivity index (χ1v) is 11.7. The van der Waals surface area contributed by atoms with Crippen molar-refractivity contribution in [3.8, 4) is 0 Å². The molecule has 0 spiro atoms. The van der Waals surface area contributed by atoms with Gasteiger partial charge >= 0.3 is 0 Å². The summed E-state index contributed by atoms with van der Waals surface area (Å²) in [6, 6.07) is 8.12. The van der Waals surface area contributed by atoms with Crippen LogP contribution in [0.4, 0.5) is 0 Å². The molecule has 0 atom stereocenters. The average molecular weight is 442 g/mol. The van der Waals surface area contributed by atoms with E-state index in [-0.39, 0.29) is 10.8 Å². The second-order valence-corrected chi connectivity index (χ2v) is 9.74. The monoisotopic (exact) mass is 441 g/mol. The summed E-state index contributed by atoms with van der Waals surface area (Å²) in [5.74, 6) is -0.127. The van der Waals surface area contributed by atoms with Crippen molar-refractivity contribution in [2.45, 2.75) is 24.8 Å². The Labute approximate surface area is 180 Å². The van der Waals surface area contributed by atoms with Crippen LogP contribution in [0.15, 0.2) is 41.4 Å². The van der Waals surface area contributed by atoms with Gasteiger partial charge < -0.3 is 9.64 Å². The van der Waals surface area contributed by atoms with Crippen LogP contribution in [0.1, 0.15) is 27.3 Å². The van der Waals surface area contributed by atoms with Crippen molar-refractivity contribution in [1.29, 1.82) is 0 Å². The largest absolute Gasteiger partial charge is 0.379 e. The second-order valence-electron chi connectivity index (χ2n) is 7.80. The fourth-order valence-electron chi connectivity index (χ4n) is 4.12. The Bertz CT molecular complexity index is 1250. The Morgan fingerprint density at radius 2 is 1.84 bits per heavy atom. The third-order valence-electron chi connectivity index (χ3n) is 5.77. The Morgan fingerprint density at radius 1 is 1.10 bits per heavy atom. The Hall–Kier alpha value is -2.82. The third-order valence-corrected chi connectivity index (χ3v) is 7.68. The van der Waals surface area contributed by atoms with Gasteiger partial charge in [-0.1, -0.05) is 0 Å². The van der Waals surface area contributed by atoms with Crippen molar-refractivity contribution in [3.05, 3.63) is 59.0 Å². The molecular weight excluding hydrogens is 418 g/mol. The van der Waals surface area contributed by atoms with E-state index in [2.05, 4.69) is 10.1 Å². The number of ether oxygens (including phenoxy) is 1. The highest BCUT2D eigenvalue weighted by Gasteiger charge is 2.28. The summed E-state index contributed by atoms with van der Waals surface area (Å²) >= 11 is 0. The zero-order valence-electron chi connectivity index (χ0n) is 17.2. The molecule has 4 heterocycles. The average Bonchev–Trinajstić information content (AvgIpc) is 3.19. The standard InChI is InChI=1S/C21H23N5O4S/c1-15-12-20-22-13-17-14-24(7-6-19(17)26(20)23-15)21(27)16-2-4-18(5-3-16)31(28,29)25-8-10-30-11-9-25/h2-5,12-13H,6-11,14H2,1H3. The van der Waals surface area contributed by atoms with Crippen LogP contribution in [0.3, 0.4) is 0 Å². The number of carbonyl (C=O) groups is 1. The maximum absolute atomic E-state index is 13.0. The maximum Gasteiger partial charge on any atom is 0.254 e. The van der Waals surface area contributed by atoms with Gasteiger partial charge in [0.05, 0.1) is 29.5 Å². The van der Waals surface area contributed by atoms with Gasteiger partial charge in [-0.3, -0.25) is 4.79 Å². The van der Waals surface area contributed by atoms with E-state index in [1.54, 1.807) is 17.0 Å². The lowest BCUT2D eigenvalue weighted by Crippen LogP contribution is -2.40. The highest BCUT2D eigenvalue weighted by molar-refractivity contribution is 7.89. The van der Waals surface area contributed by atoms with E-state index >= 15 is 0 Å². The molecule has 0 saturated carbocycles. The molecule has 1 amide bonds. The van der Waals surface area contributed by atoms with E-state index in [0.29, 0.717) is 51.4 Å². The minimum atomic E-state index is -3.58. The number of fused-ring (bicyclic) bond motifs is 3. The van der Waals surface area contributed by atoms with Crippen LogP contribution < -0.4 is 0 Å². The van der Waals surface area contributed by atoms with Crippen molar-refractivity contribution in [2.24, 2.45) is 0 Å². The molecular formula is C21H23N5O4S. The van der Waals surface area contributed by atoms with E-state index in [9.17, 15) is 13.2 Å². The topological polar surface area (TPSA) is 97.1 Å². The highest BCUT2D eigenvalue weighted by atomic mass is 32.2. The first-order chi connectivity index (χ1) is 14.9. The van der Waals surface area contributed by atoms with E-state index in [0.717, 1.165) is 22.6 Å². The minimum absolute atomic E-state index is 0.127. The highest BCUT2D eigenvalue weighted by Crippen LogP contribution is 2.23. The van der Waals surface area contributed by atoms with Crippen molar-refractivity contribution >= 4 is 21.6 Å². The number of benzene rings is 1. The Morgan fingerprint density at radius 3 is 2.58 bits per heavy atom. The summed E-state index contributed by atoms with van der Waals surface area (Å²) in [6.07, 6.45) is 2.49. The first kappa shape index (κ1) is 20.1. The molecule has 1 aromatic carbocycles. The van der Waals surface area contributed by atoms with Crippen molar-refractivity contribution in [3.63, 3.8) is 0 Å². The molecule has 31 heavy (non-hydrogen) atoms. The Kier molecular flexibility index (Phi) is 4.99. The normalized spacial score (nSPS) is 17.6. The molecule has 2 aromatic heterocycles. The summed E-state index contributed by atoms with van der Waals surface area (Å²) in [6.45, 7) is 4.42. The van der Waals surface area contributed by atoms with Crippen LogP contribution in [0.25, 0.3) is 5.65 Å². The molecule has 5 rings (SSSR count). The molecule has 0 radical (unpaired) electrons. The zero-order chi connectivity index (χ0) is 21.6. The van der Waals surface area contributed by atoms with Gasteiger partial charge in [-0.2, -0.15) is 9.40 Å². The van der Waals surface area contributed by atoms with Gasteiger partial charge in [0.1, 0.15) is 0 Å². The number of morpholine rings is 1. The zero-order valence-corrected chi connectivity index (χ0v) is 18.0. The molecule has 9 nitrogen and oxygen atoms in total. The molecule has 2 aliphatic rings.